The molecule has 4 rings (SSSR count). The van der Waals surface area contributed by atoms with Crippen LogP contribution in [0, 0.1) is 23.4 Å². The number of aliphatic hydroxyl groups excluding tert-OH is 2. The minimum Gasteiger partial charge on any atom is -0.507 e. The zero-order valence-corrected chi connectivity index (χ0v) is 20.4. The average Bonchev–Trinajstić information content (AvgIpc) is 3.27. The molecule has 0 unspecified atom stereocenters. The number of hydrogen-bond acceptors (Lipinski definition) is 5. The summed E-state index contributed by atoms with van der Waals surface area (Å²) < 4.78 is 43.1. The summed E-state index contributed by atoms with van der Waals surface area (Å²) in [5.41, 5.74) is -0.511. The lowest BCUT2D eigenvalue weighted by molar-refractivity contribution is -0.134. The molecule has 0 aliphatic heterocycles. The van der Waals surface area contributed by atoms with Gasteiger partial charge in [0.05, 0.1) is 18.2 Å². The molecule has 1 saturated carbocycles. The first-order valence-corrected chi connectivity index (χ1v) is 12.2. The molecule has 0 spiro atoms. The van der Waals surface area contributed by atoms with Crippen LogP contribution in [-0.4, -0.2) is 32.5 Å². The van der Waals surface area contributed by atoms with Crippen molar-refractivity contribution in [1.82, 2.24) is 4.57 Å². The van der Waals surface area contributed by atoms with Crippen molar-refractivity contribution in [3.05, 3.63) is 111 Å². The summed E-state index contributed by atoms with van der Waals surface area (Å²) in [5, 5.41) is 20.6. The standard InChI is InChI=1S/C29H26F3NO5/c30-21-9-8-18(24(32)13-21)10-17-11-22(29(38)33(15-17)16-20-4-1-2-6-23(20)31)26(35)14-28(37)27(36)12-19-5-3-7-25(19)34/h1-2,4,6,8-9,11,13-15,19,25,34-35H,3,5,7,10,12,16H2/t19-,25+/m1/s1. The van der Waals surface area contributed by atoms with Gasteiger partial charge in [0.15, 0.2) is 0 Å². The quantitative estimate of drug-likeness (QED) is 0.244. The van der Waals surface area contributed by atoms with Gasteiger partial charge in [-0.15, -0.1) is 0 Å². The molecule has 198 valence electrons. The Morgan fingerprint density at radius 3 is 2.45 bits per heavy atom. The second-order valence-corrected chi connectivity index (χ2v) is 9.48. The van der Waals surface area contributed by atoms with E-state index >= 15 is 0 Å². The molecule has 1 aliphatic rings. The van der Waals surface area contributed by atoms with Crippen molar-refractivity contribution in [2.75, 3.05) is 0 Å². The highest BCUT2D eigenvalue weighted by atomic mass is 19.1. The van der Waals surface area contributed by atoms with Crippen molar-refractivity contribution in [3.63, 3.8) is 0 Å². The van der Waals surface area contributed by atoms with Crippen molar-refractivity contribution in [2.45, 2.75) is 44.8 Å². The number of nitrogens with zero attached hydrogens (tertiary/aromatic N) is 1. The van der Waals surface area contributed by atoms with Gasteiger partial charge in [-0.1, -0.05) is 30.7 Å². The minimum absolute atomic E-state index is 0.101. The zero-order chi connectivity index (χ0) is 27.4. The number of carbonyl (C=O) groups is 2. The van der Waals surface area contributed by atoms with Crippen LogP contribution in [0.3, 0.4) is 0 Å². The molecule has 1 aliphatic carbocycles. The number of allylic oxidation sites excluding steroid dienone is 1. The van der Waals surface area contributed by atoms with Crippen LogP contribution in [-0.2, 0) is 22.6 Å². The highest BCUT2D eigenvalue weighted by molar-refractivity contribution is 6.42. The summed E-state index contributed by atoms with van der Waals surface area (Å²) in [6.07, 6.45) is 2.98. The second-order valence-electron chi connectivity index (χ2n) is 9.48. The third-order valence-electron chi connectivity index (χ3n) is 6.74. The fraction of sp³-hybridized carbons (Fsp3) is 0.276. The number of hydrogen-bond donors (Lipinski definition) is 2. The van der Waals surface area contributed by atoms with E-state index in [4.69, 9.17) is 0 Å². The first-order chi connectivity index (χ1) is 18.1. The van der Waals surface area contributed by atoms with Crippen molar-refractivity contribution in [2.24, 2.45) is 5.92 Å². The largest absolute Gasteiger partial charge is 0.507 e. The molecular formula is C29H26F3NO5. The Kier molecular flexibility index (Phi) is 8.26. The lowest BCUT2D eigenvalue weighted by Crippen LogP contribution is -2.25. The highest BCUT2D eigenvalue weighted by Crippen LogP contribution is 2.28. The van der Waals surface area contributed by atoms with Crippen LogP contribution >= 0.6 is 0 Å². The molecule has 2 atom stereocenters. The van der Waals surface area contributed by atoms with Gasteiger partial charge in [0, 0.05) is 36.7 Å². The number of aromatic nitrogens is 1. The minimum atomic E-state index is -1.03. The maximum Gasteiger partial charge on any atom is 0.261 e. The molecular weight excluding hydrogens is 499 g/mol. The van der Waals surface area contributed by atoms with Crippen molar-refractivity contribution >= 4 is 17.3 Å². The van der Waals surface area contributed by atoms with Crippen LogP contribution in [0.15, 0.2) is 65.6 Å². The van der Waals surface area contributed by atoms with E-state index < -0.39 is 46.4 Å². The van der Waals surface area contributed by atoms with E-state index in [2.05, 4.69) is 0 Å². The van der Waals surface area contributed by atoms with Crippen molar-refractivity contribution in [1.29, 1.82) is 0 Å². The summed E-state index contributed by atoms with van der Waals surface area (Å²) in [6.45, 7) is -0.224. The third kappa shape index (κ3) is 6.28. The Morgan fingerprint density at radius 1 is 1.00 bits per heavy atom. The Labute approximate surface area is 216 Å². The molecule has 2 aromatic carbocycles. The lowest BCUT2D eigenvalue weighted by atomic mass is 9.96. The molecule has 2 N–H and O–H groups in total. The lowest BCUT2D eigenvalue weighted by Gasteiger charge is -2.13. The smallest absolute Gasteiger partial charge is 0.261 e. The van der Waals surface area contributed by atoms with Crippen molar-refractivity contribution in [3.8, 4) is 0 Å². The summed E-state index contributed by atoms with van der Waals surface area (Å²) in [5.74, 6) is -5.09. The van der Waals surface area contributed by atoms with Gasteiger partial charge in [-0.25, -0.2) is 13.2 Å². The van der Waals surface area contributed by atoms with E-state index in [9.17, 15) is 37.8 Å². The molecule has 0 saturated heterocycles. The van der Waals surface area contributed by atoms with Gasteiger partial charge in [-0.2, -0.15) is 0 Å². The second kappa shape index (κ2) is 11.6. The summed E-state index contributed by atoms with van der Waals surface area (Å²) in [7, 11) is 0. The van der Waals surface area contributed by atoms with Gasteiger partial charge in [-0.3, -0.25) is 14.4 Å². The van der Waals surface area contributed by atoms with Crippen molar-refractivity contribution < 1.29 is 33.0 Å². The zero-order valence-electron chi connectivity index (χ0n) is 20.4. The van der Waals surface area contributed by atoms with Crippen LogP contribution < -0.4 is 5.56 Å². The summed E-state index contributed by atoms with van der Waals surface area (Å²) in [6, 6.07) is 10.1. The molecule has 0 radical (unpaired) electrons. The molecule has 9 heteroatoms. The number of benzene rings is 2. The third-order valence-corrected chi connectivity index (χ3v) is 6.74. The molecule has 1 fully saturated rings. The van der Waals surface area contributed by atoms with Crippen LogP contribution in [0.2, 0.25) is 0 Å². The fourth-order valence-electron chi connectivity index (χ4n) is 4.67. The van der Waals surface area contributed by atoms with E-state index in [1.54, 1.807) is 6.07 Å². The van der Waals surface area contributed by atoms with Gasteiger partial charge in [0.1, 0.15) is 23.2 Å². The average molecular weight is 526 g/mol. The number of Topliss-reactive ketones (excluding diaryl/α,β-unsaturated/α-hetero) is 1. The maximum absolute atomic E-state index is 14.3. The molecule has 0 bridgehead atoms. The molecule has 1 heterocycles. The van der Waals surface area contributed by atoms with Gasteiger partial charge in [0.2, 0.25) is 11.6 Å². The van der Waals surface area contributed by atoms with Crippen LogP contribution in [0.25, 0.3) is 5.76 Å². The Balaban J connectivity index is 1.69. The molecule has 0 amide bonds. The van der Waals surface area contributed by atoms with Crippen LogP contribution in [0.5, 0.6) is 0 Å². The molecule has 1 aromatic heterocycles. The SMILES string of the molecule is O=C(C=C(O)c1cc(Cc2ccc(F)cc2F)cn(Cc2ccccc2F)c1=O)C(=O)C[C@H]1CCC[C@@H]1O. The normalized spacial score (nSPS) is 17.5. The monoisotopic (exact) mass is 525 g/mol. The predicted octanol–water partition coefficient (Wildman–Crippen LogP) is 4.49. The number of rotatable bonds is 9. The number of pyridine rings is 1. The summed E-state index contributed by atoms with van der Waals surface area (Å²) >= 11 is 0. The number of aliphatic hydroxyl groups is 2. The number of carbonyl (C=O) groups excluding carboxylic acids is 2. The number of halogens is 3. The van der Waals surface area contributed by atoms with Gasteiger partial charge in [-0.05, 0) is 48.1 Å². The van der Waals surface area contributed by atoms with Crippen LogP contribution in [0.4, 0.5) is 13.2 Å². The van der Waals surface area contributed by atoms with E-state index in [0.717, 1.165) is 17.1 Å². The fourth-order valence-corrected chi connectivity index (χ4v) is 4.67. The Hall–Kier alpha value is -3.98. The van der Waals surface area contributed by atoms with E-state index in [0.29, 0.717) is 30.5 Å². The molecule has 6 nitrogen and oxygen atoms in total. The predicted molar refractivity (Wildman–Crippen MR) is 134 cm³/mol. The van der Waals surface area contributed by atoms with E-state index in [1.165, 1.54) is 36.5 Å². The maximum atomic E-state index is 14.3. The molecule has 38 heavy (non-hydrogen) atoms. The van der Waals surface area contributed by atoms with E-state index in [-0.39, 0.29) is 42.0 Å². The Morgan fingerprint density at radius 2 is 1.76 bits per heavy atom. The first kappa shape index (κ1) is 27.1. The topological polar surface area (TPSA) is 96.6 Å². The van der Waals surface area contributed by atoms with E-state index in [1.807, 2.05) is 0 Å². The summed E-state index contributed by atoms with van der Waals surface area (Å²) in [4.78, 5) is 38.1. The highest BCUT2D eigenvalue weighted by Gasteiger charge is 2.29. The van der Waals surface area contributed by atoms with Crippen LogP contribution in [0.1, 0.15) is 47.9 Å². The van der Waals surface area contributed by atoms with Gasteiger partial charge < -0.3 is 14.8 Å². The van der Waals surface area contributed by atoms with Gasteiger partial charge >= 0.3 is 0 Å². The van der Waals surface area contributed by atoms with Gasteiger partial charge in [0.25, 0.3) is 5.56 Å². The molecule has 3 aromatic rings. The Bertz CT molecular complexity index is 1460. The first-order valence-electron chi connectivity index (χ1n) is 12.2. The number of ketones is 2.